The standard InChI is InChI=1S/C13H25NO2/c1-12(2,3)8-9(7-10(14)15)11(16)13(4,5)6/h9H,7-8H2,1-6H3,(H2,14,15)/t9-/m1/s1. The Labute approximate surface area is 98.8 Å². The summed E-state index contributed by atoms with van der Waals surface area (Å²) in [7, 11) is 0. The fourth-order valence-electron chi connectivity index (χ4n) is 1.85. The van der Waals surface area contributed by atoms with Crippen molar-refractivity contribution in [2.24, 2.45) is 22.5 Å². The normalized spacial score (nSPS) is 14.6. The van der Waals surface area contributed by atoms with E-state index in [0.717, 1.165) is 0 Å². The molecule has 1 atom stereocenters. The highest BCUT2D eigenvalue weighted by molar-refractivity contribution is 5.89. The third-order valence-electron chi connectivity index (χ3n) is 2.42. The van der Waals surface area contributed by atoms with E-state index in [4.69, 9.17) is 5.73 Å². The first-order valence-corrected chi connectivity index (χ1v) is 5.76. The van der Waals surface area contributed by atoms with E-state index in [-0.39, 0.29) is 23.5 Å². The van der Waals surface area contributed by atoms with Crippen LogP contribution < -0.4 is 5.73 Å². The van der Waals surface area contributed by atoms with E-state index < -0.39 is 11.3 Å². The van der Waals surface area contributed by atoms with Crippen LogP contribution in [0.25, 0.3) is 0 Å². The second-order valence-electron chi connectivity index (χ2n) is 6.75. The van der Waals surface area contributed by atoms with Crippen LogP contribution in [0.2, 0.25) is 0 Å². The number of Topliss-reactive ketones (excluding diaryl/α,β-unsaturated/α-hetero) is 1. The summed E-state index contributed by atoms with van der Waals surface area (Å²) in [4.78, 5) is 23.2. The maximum absolute atomic E-state index is 12.2. The molecule has 0 saturated heterocycles. The zero-order valence-corrected chi connectivity index (χ0v) is 11.4. The van der Waals surface area contributed by atoms with Gasteiger partial charge in [0.05, 0.1) is 0 Å². The summed E-state index contributed by atoms with van der Waals surface area (Å²) < 4.78 is 0. The zero-order chi connectivity index (χ0) is 13.1. The monoisotopic (exact) mass is 227 g/mol. The van der Waals surface area contributed by atoms with Crippen molar-refractivity contribution in [1.82, 2.24) is 0 Å². The lowest BCUT2D eigenvalue weighted by Gasteiger charge is -2.29. The molecule has 0 aromatic carbocycles. The van der Waals surface area contributed by atoms with Gasteiger partial charge < -0.3 is 5.73 Å². The van der Waals surface area contributed by atoms with E-state index in [2.05, 4.69) is 20.8 Å². The summed E-state index contributed by atoms with van der Waals surface area (Å²) in [5.41, 5.74) is 4.82. The Morgan fingerprint density at radius 1 is 1.06 bits per heavy atom. The third kappa shape index (κ3) is 5.89. The maximum atomic E-state index is 12.2. The number of hydrogen-bond donors (Lipinski definition) is 1. The molecule has 0 bridgehead atoms. The molecule has 0 heterocycles. The van der Waals surface area contributed by atoms with Gasteiger partial charge in [-0.1, -0.05) is 41.5 Å². The van der Waals surface area contributed by atoms with Crippen molar-refractivity contribution in [3.63, 3.8) is 0 Å². The minimum Gasteiger partial charge on any atom is -0.370 e. The van der Waals surface area contributed by atoms with Crippen LogP contribution in [0.1, 0.15) is 54.4 Å². The number of hydrogen-bond acceptors (Lipinski definition) is 2. The molecule has 94 valence electrons. The molecule has 16 heavy (non-hydrogen) atoms. The fraction of sp³-hybridized carbons (Fsp3) is 0.846. The van der Waals surface area contributed by atoms with Crippen molar-refractivity contribution < 1.29 is 9.59 Å². The van der Waals surface area contributed by atoms with Gasteiger partial charge in [-0.3, -0.25) is 9.59 Å². The lowest BCUT2D eigenvalue weighted by atomic mass is 9.74. The molecule has 0 spiro atoms. The van der Waals surface area contributed by atoms with Crippen LogP contribution in [0.5, 0.6) is 0 Å². The highest BCUT2D eigenvalue weighted by atomic mass is 16.1. The Kier molecular flexibility index (Phi) is 4.71. The molecule has 0 saturated carbocycles. The van der Waals surface area contributed by atoms with Gasteiger partial charge >= 0.3 is 0 Å². The van der Waals surface area contributed by atoms with Crippen LogP contribution in [0.4, 0.5) is 0 Å². The van der Waals surface area contributed by atoms with Crippen LogP contribution in [0, 0.1) is 16.7 Å². The lowest BCUT2D eigenvalue weighted by molar-refractivity contribution is -0.134. The van der Waals surface area contributed by atoms with Gasteiger partial charge in [0.1, 0.15) is 5.78 Å². The maximum Gasteiger partial charge on any atom is 0.218 e. The van der Waals surface area contributed by atoms with Gasteiger partial charge in [0.15, 0.2) is 0 Å². The number of primary amides is 1. The number of carbonyl (C=O) groups is 2. The Hall–Kier alpha value is -0.860. The van der Waals surface area contributed by atoms with Crippen LogP contribution in [0.3, 0.4) is 0 Å². The predicted octanol–water partition coefficient (Wildman–Crippen LogP) is 2.53. The van der Waals surface area contributed by atoms with Crippen LogP contribution in [-0.4, -0.2) is 11.7 Å². The first kappa shape index (κ1) is 15.1. The van der Waals surface area contributed by atoms with Crippen molar-refractivity contribution in [2.45, 2.75) is 54.4 Å². The zero-order valence-electron chi connectivity index (χ0n) is 11.4. The molecular weight excluding hydrogens is 202 g/mol. The summed E-state index contributed by atoms with van der Waals surface area (Å²) in [5.74, 6) is -0.523. The van der Waals surface area contributed by atoms with Crippen molar-refractivity contribution in [1.29, 1.82) is 0 Å². The average Bonchev–Trinajstić information content (AvgIpc) is 1.96. The van der Waals surface area contributed by atoms with Crippen molar-refractivity contribution >= 4 is 11.7 Å². The fourth-order valence-corrected chi connectivity index (χ4v) is 1.85. The van der Waals surface area contributed by atoms with Crippen LogP contribution in [0.15, 0.2) is 0 Å². The SMILES string of the molecule is CC(C)(C)C[C@@H](CC(N)=O)C(=O)C(C)(C)C. The summed E-state index contributed by atoms with van der Waals surface area (Å²) in [6.07, 6.45) is 0.861. The van der Waals surface area contributed by atoms with Crippen molar-refractivity contribution in [3.05, 3.63) is 0 Å². The number of amides is 1. The summed E-state index contributed by atoms with van der Waals surface area (Å²) in [6, 6.07) is 0. The summed E-state index contributed by atoms with van der Waals surface area (Å²) >= 11 is 0. The molecule has 3 heteroatoms. The molecule has 3 nitrogen and oxygen atoms in total. The summed E-state index contributed by atoms with van der Waals surface area (Å²) in [5, 5.41) is 0. The number of nitrogens with two attached hydrogens (primary N) is 1. The van der Waals surface area contributed by atoms with E-state index in [1.165, 1.54) is 0 Å². The third-order valence-corrected chi connectivity index (χ3v) is 2.42. The largest absolute Gasteiger partial charge is 0.370 e. The van der Waals surface area contributed by atoms with E-state index in [1.54, 1.807) is 0 Å². The van der Waals surface area contributed by atoms with Crippen LogP contribution in [-0.2, 0) is 9.59 Å². The smallest absolute Gasteiger partial charge is 0.218 e. The van der Waals surface area contributed by atoms with Crippen LogP contribution >= 0.6 is 0 Å². The topological polar surface area (TPSA) is 60.2 Å². The van der Waals surface area contributed by atoms with Gasteiger partial charge in [0.25, 0.3) is 0 Å². The van der Waals surface area contributed by atoms with Gasteiger partial charge in [-0.05, 0) is 11.8 Å². The molecular formula is C13H25NO2. The lowest BCUT2D eigenvalue weighted by Crippen LogP contribution is -2.33. The Balaban J connectivity index is 4.81. The minimum atomic E-state index is -0.411. The Morgan fingerprint density at radius 3 is 1.75 bits per heavy atom. The van der Waals surface area contributed by atoms with E-state index >= 15 is 0 Å². The number of ketones is 1. The highest BCUT2D eigenvalue weighted by Crippen LogP contribution is 2.31. The minimum absolute atomic E-state index is 0.0288. The number of carbonyl (C=O) groups excluding carboxylic acids is 2. The molecule has 0 aliphatic carbocycles. The second-order valence-corrected chi connectivity index (χ2v) is 6.75. The molecule has 0 aliphatic rings. The predicted molar refractivity (Wildman–Crippen MR) is 65.8 cm³/mol. The van der Waals surface area contributed by atoms with Gasteiger partial charge in [0, 0.05) is 17.8 Å². The molecule has 0 aromatic rings. The van der Waals surface area contributed by atoms with Gasteiger partial charge in [0.2, 0.25) is 5.91 Å². The molecule has 0 fully saturated rings. The first-order valence-electron chi connectivity index (χ1n) is 5.76. The van der Waals surface area contributed by atoms with Gasteiger partial charge in [-0.2, -0.15) is 0 Å². The first-order chi connectivity index (χ1) is 6.93. The number of rotatable bonds is 4. The molecule has 1 amide bonds. The molecule has 0 unspecified atom stereocenters. The Bertz CT molecular complexity index is 269. The molecule has 0 aliphatic heterocycles. The highest BCUT2D eigenvalue weighted by Gasteiger charge is 2.33. The van der Waals surface area contributed by atoms with Gasteiger partial charge in [-0.25, -0.2) is 0 Å². The molecule has 0 rings (SSSR count). The quantitative estimate of drug-likeness (QED) is 0.802. The Morgan fingerprint density at radius 2 is 1.50 bits per heavy atom. The average molecular weight is 227 g/mol. The molecule has 2 N–H and O–H groups in total. The molecule has 0 aromatic heterocycles. The molecule has 0 radical (unpaired) electrons. The summed E-state index contributed by atoms with van der Waals surface area (Å²) in [6.45, 7) is 11.8. The van der Waals surface area contributed by atoms with Crippen molar-refractivity contribution in [2.75, 3.05) is 0 Å². The van der Waals surface area contributed by atoms with E-state index in [0.29, 0.717) is 6.42 Å². The van der Waals surface area contributed by atoms with Crippen molar-refractivity contribution in [3.8, 4) is 0 Å². The second kappa shape index (κ2) is 4.98. The van der Waals surface area contributed by atoms with Gasteiger partial charge in [-0.15, -0.1) is 0 Å². The van der Waals surface area contributed by atoms with E-state index in [1.807, 2.05) is 20.8 Å². The van der Waals surface area contributed by atoms with E-state index in [9.17, 15) is 9.59 Å².